The summed E-state index contributed by atoms with van der Waals surface area (Å²) in [5, 5.41) is 32.4. The number of nitrogens with zero attached hydrogens (tertiary/aromatic N) is 11. The van der Waals surface area contributed by atoms with Crippen molar-refractivity contribution in [2.75, 3.05) is 105 Å². The molecule has 10 aromatic rings. The van der Waals surface area contributed by atoms with Gasteiger partial charge in [-0.3, -0.25) is 19.7 Å². The number of aryl methyl sites for hydroxylation is 2. The first kappa shape index (κ1) is 77.1. The second-order valence-electron chi connectivity index (χ2n) is 23.5. The molecule has 10 rings (SSSR count). The van der Waals surface area contributed by atoms with Crippen molar-refractivity contribution in [3.63, 3.8) is 0 Å². The number of halogens is 8. The van der Waals surface area contributed by atoms with Crippen molar-refractivity contribution in [1.82, 2.24) is 38.9 Å². The van der Waals surface area contributed by atoms with E-state index in [0.29, 0.717) is 53.3 Å². The molecule has 4 heterocycles. The van der Waals surface area contributed by atoms with Crippen LogP contribution in [-0.4, -0.2) is 148 Å². The van der Waals surface area contributed by atoms with Gasteiger partial charge < -0.3 is 70.3 Å². The molecule has 6 aromatic carbocycles. The Kier molecular flexibility index (Phi) is 25.3. The van der Waals surface area contributed by atoms with Crippen LogP contribution in [0.5, 0.6) is 11.5 Å². The van der Waals surface area contributed by atoms with E-state index in [1.807, 2.05) is 108 Å². The number of amides is 2. The minimum Gasteiger partial charge on any atom is -0.472 e. The fraction of sp³-hybridized carbons (Fsp3) is 0.208. The van der Waals surface area contributed by atoms with Crippen molar-refractivity contribution in [2.45, 2.75) is 19.6 Å². The first-order valence-electron chi connectivity index (χ1n) is 31.2. The maximum absolute atomic E-state index is 13.6. The number of nitro benzene ring substituents is 1. The quantitative estimate of drug-likeness (QED) is 0.00867. The highest BCUT2D eigenvalue weighted by atomic mass is 19.4. The number of ether oxygens (including phenoxy) is 2. The number of aliphatic carboxylic acids is 1. The molecule has 0 saturated carbocycles. The number of carboxylic acids is 1. The third-order valence-corrected chi connectivity index (χ3v) is 15.2. The summed E-state index contributed by atoms with van der Waals surface area (Å²) in [5.74, 6) is -0.445. The summed E-state index contributed by atoms with van der Waals surface area (Å²) in [6.45, 7) is 3.36. The van der Waals surface area contributed by atoms with Gasteiger partial charge >= 0.3 is 18.7 Å². The average molecular weight is 1440 g/mol. The number of rotatable bonds is 23. The predicted molar refractivity (Wildman–Crippen MR) is 385 cm³/mol. The van der Waals surface area contributed by atoms with Gasteiger partial charge in [-0.1, -0.05) is 66.6 Å². The Hall–Kier alpha value is -12.6. The number of nitrogens with one attached hydrogen (secondary N) is 4. The first-order valence-corrected chi connectivity index (χ1v) is 31.2. The van der Waals surface area contributed by atoms with E-state index in [0.717, 1.165) is 33.9 Å². The summed E-state index contributed by atoms with van der Waals surface area (Å²) in [7, 11) is 14.3. The Labute approximate surface area is 590 Å². The number of nitro groups is 1. The Morgan fingerprint density at radius 2 is 1.01 bits per heavy atom. The van der Waals surface area contributed by atoms with Crippen molar-refractivity contribution in [3.05, 3.63) is 191 Å². The first-order chi connectivity index (χ1) is 49.2. The monoisotopic (exact) mass is 1440 g/mol. The zero-order valence-electron chi connectivity index (χ0n) is 57.3. The number of hydrogen-bond donors (Lipinski definition) is 6. The largest absolute Gasteiger partial charge is 0.573 e. The molecule has 104 heavy (non-hydrogen) atoms. The second kappa shape index (κ2) is 34.2. The summed E-state index contributed by atoms with van der Waals surface area (Å²) in [6.07, 6.45) is 1.63. The van der Waals surface area contributed by atoms with Crippen LogP contribution in [0.1, 0.15) is 18.1 Å². The lowest BCUT2D eigenvalue weighted by Gasteiger charge is -2.25. The summed E-state index contributed by atoms with van der Waals surface area (Å²) < 4.78 is 120. The Bertz CT molecular complexity index is 4880. The number of aromatic nitrogens is 6. The van der Waals surface area contributed by atoms with Crippen LogP contribution < -0.4 is 46.3 Å². The summed E-state index contributed by atoms with van der Waals surface area (Å²) in [4.78, 5) is 71.5. The number of hydrogen-bond acceptors (Lipinski definition) is 18. The lowest BCUT2D eigenvalue weighted by molar-refractivity contribution is -0.384. The van der Waals surface area contributed by atoms with Crippen LogP contribution in [0.3, 0.4) is 0 Å². The van der Waals surface area contributed by atoms with Gasteiger partial charge in [-0.25, -0.2) is 33.5 Å². The molecule has 0 aliphatic carbocycles. The molecule has 7 N–H and O–H groups in total. The van der Waals surface area contributed by atoms with Gasteiger partial charge in [0, 0.05) is 136 Å². The van der Waals surface area contributed by atoms with E-state index >= 15 is 0 Å². The number of likely N-dealkylation sites (N-methyl/N-ethyl adjacent to an activating group) is 4. The summed E-state index contributed by atoms with van der Waals surface area (Å²) in [6, 6.07) is 30.5. The number of carbonyl (C=O) groups excluding carboxylic acids is 2. The van der Waals surface area contributed by atoms with Crippen molar-refractivity contribution in [2.24, 2.45) is 14.1 Å². The molecular formula is C72H70F8N16O8. The van der Waals surface area contributed by atoms with Crippen molar-refractivity contribution in [1.29, 1.82) is 0 Å². The molecular weight excluding hydrogens is 1370 g/mol. The molecule has 32 heteroatoms. The number of nitrogens with two attached hydrogens (primary N) is 1. The molecule has 0 atom stereocenters. The lowest BCUT2D eigenvalue weighted by Crippen LogP contribution is -2.29. The van der Waals surface area contributed by atoms with E-state index in [2.05, 4.69) is 56.6 Å². The molecule has 0 fully saturated rings. The normalized spacial score (nSPS) is 11.4. The average Bonchev–Trinajstić information content (AvgIpc) is 1.63. The van der Waals surface area contributed by atoms with Crippen LogP contribution in [0.2, 0.25) is 0 Å². The minimum atomic E-state index is -5.13. The fourth-order valence-electron chi connectivity index (χ4n) is 10.2. The molecule has 2 amide bonds. The van der Waals surface area contributed by atoms with Gasteiger partial charge in [0.1, 0.15) is 28.7 Å². The lowest BCUT2D eigenvalue weighted by atomic mass is 10.1. The number of benzene rings is 6. The summed E-state index contributed by atoms with van der Waals surface area (Å²) in [5.41, 5.74) is 10.8. The van der Waals surface area contributed by atoms with Gasteiger partial charge in [0.25, 0.3) is 5.69 Å². The van der Waals surface area contributed by atoms with Gasteiger partial charge in [0.05, 0.1) is 51.4 Å². The Balaban J connectivity index is 0.000000244. The predicted octanol–water partition coefficient (Wildman–Crippen LogP) is 13.7. The standard InChI is InChI=1S/C34H32F4N8O4.C34H34F4N8O2.C4H4O2/c1-43(2)15-16-44(3)28-18-30(50-34(36,37)38)25(17-29(28)46(48)49)41-33-39-19-26(40-31(47)14-11-21-9-12-22(35)13-10-21)32(42-33)24-20-45(4)27-8-6-5-7-23(24)27;1-44(2)15-16-45(3)29-18-30(48-34(36,37)38)26(17-25(29)39)42-33-40-19-27(41-31(47)14-11-21-9-12-22(35)13-10-21)32(43-33)24-20-46(4)28-8-6-5-7-23(24)28;1-2-3-4(5)6/h5-14,17-20H,15-16H2,1-4H3,(H,40,47)(H,39,41,42);5-14,17-20H,15-16,39H2,1-4H3,(H,41,47)(H,40,42,43);1H3,(H,5,6)/b2*14-11+;. The minimum absolute atomic E-state index is 0.0714. The third-order valence-electron chi connectivity index (χ3n) is 15.2. The van der Waals surface area contributed by atoms with Crippen LogP contribution in [0.15, 0.2) is 158 Å². The van der Waals surface area contributed by atoms with Gasteiger partial charge in [0.15, 0.2) is 11.5 Å². The maximum atomic E-state index is 13.6. The van der Waals surface area contributed by atoms with Gasteiger partial charge in [0.2, 0.25) is 23.7 Å². The van der Waals surface area contributed by atoms with Crippen LogP contribution >= 0.6 is 0 Å². The van der Waals surface area contributed by atoms with E-state index in [9.17, 15) is 59.6 Å². The van der Waals surface area contributed by atoms with Crippen molar-refractivity contribution < 1.29 is 69.0 Å². The van der Waals surface area contributed by atoms with E-state index in [1.54, 1.807) is 32.2 Å². The maximum Gasteiger partial charge on any atom is 0.573 e. The number of carboxylic acid groups (broad SMARTS) is 1. The highest BCUT2D eigenvalue weighted by Gasteiger charge is 2.36. The van der Waals surface area contributed by atoms with E-state index in [-0.39, 0.29) is 52.6 Å². The number of nitrogen functional groups attached to an aromatic ring is 1. The molecule has 0 bridgehead atoms. The second-order valence-corrected chi connectivity index (χ2v) is 23.5. The number of carbonyl (C=O) groups is 3. The Morgan fingerprint density at radius 3 is 1.39 bits per heavy atom. The SMILES string of the molecule is CC#CC(=O)O.CN(C)CCN(C)c1cc(OC(F)(F)F)c(Nc2ncc(NC(=O)/C=C/c3ccc(F)cc3)c(-c3cn(C)c4ccccc34)n2)cc1N.CN(C)CCN(C)c1cc(OC(F)(F)F)c(Nc2ncc(NC(=O)/C=C/c3ccc(F)cc3)c(-c3cn(C)c4ccccc34)n2)cc1[N+](=O)[O-]. The van der Waals surface area contributed by atoms with E-state index in [1.165, 1.54) is 116 Å². The van der Waals surface area contributed by atoms with Gasteiger partial charge in [-0.15, -0.1) is 26.3 Å². The third kappa shape index (κ3) is 21.5. The molecule has 24 nitrogen and oxygen atoms in total. The molecule has 0 saturated heterocycles. The number of para-hydroxylation sites is 2. The number of fused-ring (bicyclic) bond motifs is 2. The summed E-state index contributed by atoms with van der Waals surface area (Å²) >= 11 is 0. The molecule has 0 radical (unpaired) electrons. The zero-order valence-corrected chi connectivity index (χ0v) is 57.3. The van der Waals surface area contributed by atoms with Gasteiger partial charge in [-0.2, -0.15) is 0 Å². The van der Waals surface area contributed by atoms with E-state index in [4.69, 9.17) is 10.8 Å². The molecule has 0 aliphatic rings. The highest BCUT2D eigenvalue weighted by Crippen LogP contribution is 2.44. The molecule has 542 valence electrons. The van der Waals surface area contributed by atoms with Crippen molar-refractivity contribution in [3.8, 4) is 45.9 Å². The van der Waals surface area contributed by atoms with Crippen LogP contribution in [0.25, 0.3) is 56.5 Å². The fourth-order valence-corrected chi connectivity index (χ4v) is 10.2. The Morgan fingerprint density at radius 1 is 0.606 bits per heavy atom. The van der Waals surface area contributed by atoms with Crippen LogP contribution in [0.4, 0.5) is 92.5 Å². The van der Waals surface area contributed by atoms with E-state index < -0.39 is 69.9 Å². The topological polar surface area (TPSA) is 282 Å². The number of alkyl halides is 6. The van der Waals surface area contributed by atoms with Crippen LogP contribution in [-0.2, 0) is 28.5 Å². The molecule has 0 spiro atoms. The molecule has 0 aliphatic heterocycles. The van der Waals surface area contributed by atoms with Crippen LogP contribution in [0, 0.1) is 33.6 Å². The molecule has 4 aromatic heterocycles. The van der Waals surface area contributed by atoms with Gasteiger partial charge in [-0.05, 0) is 101 Å². The zero-order chi connectivity index (χ0) is 75.7. The molecule has 0 unspecified atom stereocenters. The smallest absolute Gasteiger partial charge is 0.472 e. The number of anilines is 9. The highest BCUT2D eigenvalue weighted by molar-refractivity contribution is 6.07. The van der Waals surface area contributed by atoms with Crippen molar-refractivity contribution >= 4 is 109 Å².